The summed E-state index contributed by atoms with van der Waals surface area (Å²) in [7, 11) is 0. The van der Waals surface area contributed by atoms with Crippen LogP contribution in [0.2, 0.25) is 0 Å². The van der Waals surface area contributed by atoms with Crippen LogP contribution in [0, 0.1) is 0 Å². The molecule has 0 aliphatic rings. The molecule has 0 aliphatic carbocycles. The Labute approximate surface area is 481 Å². The van der Waals surface area contributed by atoms with Gasteiger partial charge in [0.15, 0.2) is 0 Å². The van der Waals surface area contributed by atoms with Gasteiger partial charge in [-0.1, -0.05) is 334 Å². The highest BCUT2D eigenvalue weighted by Gasteiger charge is 2.20. The number of aliphatic hydroxyl groups excluding tert-OH is 2. The van der Waals surface area contributed by atoms with E-state index < -0.39 is 12.1 Å². The molecular weight excluding hydrogens is 947 g/mol. The summed E-state index contributed by atoms with van der Waals surface area (Å²) in [5, 5.41) is 23.4. The van der Waals surface area contributed by atoms with Crippen LogP contribution in [0.3, 0.4) is 0 Å². The number of rotatable bonds is 66. The maximum atomic E-state index is 12.6. The van der Waals surface area contributed by atoms with E-state index in [1.54, 1.807) is 0 Å². The molecule has 0 bridgehead atoms. The highest BCUT2D eigenvalue weighted by atomic mass is 16.5. The number of aliphatic hydroxyl groups is 2. The van der Waals surface area contributed by atoms with Gasteiger partial charge in [-0.25, -0.2) is 0 Å². The second-order valence-corrected chi connectivity index (χ2v) is 24.2. The van der Waals surface area contributed by atoms with Gasteiger partial charge in [-0.05, 0) is 70.6 Å². The third kappa shape index (κ3) is 63.4. The summed E-state index contributed by atoms with van der Waals surface area (Å²) >= 11 is 0. The van der Waals surface area contributed by atoms with Gasteiger partial charge in [0.1, 0.15) is 0 Å². The molecule has 0 aromatic rings. The molecule has 1 amide bonds. The molecule has 0 radical (unpaired) electrons. The lowest BCUT2D eigenvalue weighted by Crippen LogP contribution is -2.45. The van der Waals surface area contributed by atoms with E-state index in [9.17, 15) is 19.8 Å². The molecule has 0 fully saturated rings. The van der Waals surface area contributed by atoms with E-state index in [4.69, 9.17) is 4.74 Å². The van der Waals surface area contributed by atoms with Gasteiger partial charge in [-0.3, -0.25) is 9.59 Å². The average Bonchev–Trinajstić information content (AvgIpc) is 3.43. The van der Waals surface area contributed by atoms with Gasteiger partial charge in [0.2, 0.25) is 5.91 Å². The molecule has 456 valence electrons. The number of carbonyl (C=O) groups excluding carboxylic acids is 2. The van der Waals surface area contributed by atoms with Crippen LogP contribution < -0.4 is 5.32 Å². The Bertz CT molecular complexity index is 1200. The Morgan fingerprint density at radius 3 is 0.961 bits per heavy atom. The van der Waals surface area contributed by atoms with Crippen molar-refractivity contribution in [3.63, 3.8) is 0 Å². The van der Waals surface area contributed by atoms with Gasteiger partial charge in [-0.15, -0.1) is 0 Å². The summed E-state index contributed by atoms with van der Waals surface area (Å²) in [4.78, 5) is 24.6. The van der Waals surface area contributed by atoms with Crippen LogP contribution in [-0.4, -0.2) is 47.4 Å². The normalized spacial score (nSPS) is 12.6. The molecular formula is C71H137NO5. The fourth-order valence-corrected chi connectivity index (χ4v) is 11.1. The second-order valence-electron chi connectivity index (χ2n) is 24.2. The second kappa shape index (κ2) is 66.8. The number of unbranched alkanes of at least 4 members (excludes halogenated alkanes) is 51. The Hall–Kier alpha value is -1.66. The highest BCUT2D eigenvalue weighted by Crippen LogP contribution is 2.19. The number of nitrogens with one attached hydrogen (secondary N) is 1. The summed E-state index contributed by atoms with van der Waals surface area (Å²) in [6.07, 6.45) is 83.7. The summed E-state index contributed by atoms with van der Waals surface area (Å²) in [5.74, 6) is -0.0327. The molecule has 2 unspecified atom stereocenters. The number of amides is 1. The van der Waals surface area contributed by atoms with E-state index in [0.29, 0.717) is 25.9 Å². The van der Waals surface area contributed by atoms with E-state index in [2.05, 4.69) is 43.5 Å². The molecule has 0 rings (SSSR count). The van der Waals surface area contributed by atoms with E-state index in [1.807, 2.05) is 0 Å². The minimum absolute atomic E-state index is 0.00219. The lowest BCUT2D eigenvalue weighted by atomic mass is 10.0. The maximum Gasteiger partial charge on any atom is 0.305 e. The van der Waals surface area contributed by atoms with Crippen molar-refractivity contribution in [2.75, 3.05) is 13.2 Å². The highest BCUT2D eigenvalue weighted by molar-refractivity contribution is 5.76. The van der Waals surface area contributed by atoms with Crippen LogP contribution in [0.4, 0.5) is 0 Å². The average molecular weight is 1080 g/mol. The van der Waals surface area contributed by atoms with Crippen molar-refractivity contribution in [3.05, 3.63) is 24.3 Å². The molecule has 0 aromatic heterocycles. The zero-order valence-electron chi connectivity index (χ0n) is 52.2. The molecule has 0 saturated carbocycles. The van der Waals surface area contributed by atoms with Gasteiger partial charge >= 0.3 is 5.97 Å². The van der Waals surface area contributed by atoms with Gasteiger partial charge < -0.3 is 20.3 Å². The zero-order chi connectivity index (χ0) is 55.7. The Morgan fingerprint density at radius 1 is 0.351 bits per heavy atom. The predicted molar refractivity (Wildman–Crippen MR) is 338 cm³/mol. The first-order valence-electron chi connectivity index (χ1n) is 35.1. The predicted octanol–water partition coefficient (Wildman–Crippen LogP) is 22.5. The van der Waals surface area contributed by atoms with Crippen molar-refractivity contribution in [3.8, 4) is 0 Å². The smallest absolute Gasteiger partial charge is 0.305 e. The van der Waals surface area contributed by atoms with Gasteiger partial charge in [-0.2, -0.15) is 0 Å². The topological polar surface area (TPSA) is 95.9 Å². The van der Waals surface area contributed by atoms with Crippen molar-refractivity contribution >= 4 is 11.9 Å². The number of carbonyl (C=O) groups is 2. The van der Waals surface area contributed by atoms with E-state index in [1.165, 1.54) is 315 Å². The lowest BCUT2D eigenvalue weighted by Gasteiger charge is -2.22. The van der Waals surface area contributed by atoms with Crippen LogP contribution in [-0.2, 0) is 14.3 Å². The largest absolute Gasteiger partial charge is 0.466 e. The van der Waals surface area contributed by atoms with Crippen LogP contribution in [0.1, 0.15) is 393 Å². The number of hydrogen-bond acceptors (Lipinski definition) is 5. The summed E-state index contributed by atoms with van der Waals surface area (Å²) < 4.78 is 5.46. The van der Waals surface area contributed by atoms with E-state index in [-0.39, 0.29) is 18.5 Å². The van der Waals surface area contributed by atoms with Crippen LogP contribution in [0.5, 0.6) is 0 Å². The Morgan fingerprint density at radius 2 is 0.623 bits per heavy atom. The van der Waals surface area contributed by atoms with Crippen LogP contribution in [0.15, 0.2) is 24.3 Å². The van der Waals surface area contributed by atoms with Crippen LogP contribution in [0.25, 0.3) is 0 Å². The number of ether oxygens (including phenoxy) is 1. The van der Waals surface area contributed by atoms with Crippen molar-refractivity contribution < 1.29 is 24.5 Å². The summed E-state index contributed by atoms with van der Waals surface area (Å²) in [6.45, 7) is 4.95. The minimum atomic E-state index is -0.669. The first-order chi connectivity index (χ1) is 38.0. The fraction of sp³-hybridized carbons (Fsp3) is 0.915. The number of hydrogen-bond donors (Lipinski definition) is 3. The molecule has 0 saturated heterocycles. The molecule has 0 aliphatic heterocycles. The van der Waals surface area contributed by atoms with Gasteiger partial charge in [0.05, 0.1) is 25.4 Å². The third-order valence-electron chi connectivity index (χ3n) is 16.5. The Kier molecular flexibility index (Phi) is 65.4. The summed E-state index contributed by atoms with van der Waals surface area (Å²) in [6, 6.07) is -0.546. The SMILES string of the molecule is CCCC/C=C\CCCCCCCC(=O)OCCCCCCCCCCCCCC/C=C\CCCCCCCCCCC(=O)NC(CO)C(O)CCCCCCCCCCCCCCCCCCCCCCCCCCC. The van der Waals surface area contributed by atoms with Crippen molar-refractivity contribution in [2.45, 2.75) is 405 Å². The number of allylic oxidation sites excluding steroid dienone is 4. The first-order valence-corrected chi connectivity index (χ1v) is 35.1. The lowest BCUT2D eigenvalue weighted by molar-refractivity contribution is -0.143. The van der Waals surface area contributed by atoms with Crippen molar-refractivity contribution in [1.29, 1.82) is 0 Å². The fourth-order valence-electron chi connectivity index (χ4n) is 11.1. The molecule has 0 spiro atoms. The Balaban J connectivity index is 3.41. The van der Waals surface area contributed by atoms with E-state index in [0.717, 1.165) is 44.9 Å². The molecule has 6 nitrogen and oxygen atoms in total. The van der Waals surface area contributed by atoms with Crippen LogP contribution >= 0.6 is 0 Å². The molecule has 0 aromatic carbocycles. The zero-order valence-corrected chi connectivity index (χ0v) is 52.2. The summed E-state index contributed by atoms with van der Waals surface area (Å²) in [5.41, 5.74) is 0. The third-order valence-corrected chi connectivity index (χ3v) is 16.5. The molecule has 6 heteroatoms. The van der Waals surface area contributed by atoms with E-state index >= 15 is 0 Å². The van der Waals surface area contributed by atoms with Gasteiger partial charge in [0.25, 0.3) is 0 Å². The van der Waals surface area contributed by atoms with Crippen molar-refractivity contribution in [2.24, 2.45) is 0 Å². The maximum absolute atomic E-state index is 12.6. The molecule has 3 N–H and O–H groups in total. The minimum Gasteiger partial charge on any atom is -0.466 e. The monoisotopic (exact) mass is 1080 g/mol. The quantitative estimate of drug-likeness (QED) is 0.0320. The molecule has 2 atom stereocenters. The molecule has 77 heavy (non-hydrogen) atoms. The standard InChI is InChI=1S/C71H137NO5/c1-3-5-7-9-11-13-15-16-17-18-19-20-21-22-25-28-31-34-37-40-44-47-51-55-59-63-69(74)68(67-73)72-70(75)64-60-56-52-48-45-41-38-35-32-29-26-23-24-27-30-33-36-39-42-46-50-54-58-62-66-77-71(76)65-61-57-53-49-43-14-12-10-8-6-4-2/h10,12,26,29,68-69,73-74H,3-9,11,13-25,27-28,30-67H2,1-2H3,(H,72,75)/b12-10-,29-26-. The number of esters is 1. The first kappa shape index (κ1) is 75.3. The van der Waals surface area contributed by atoms with Crippen molar-refractivity contribution in [1.82, 2.24) is 5.32 Å². The molecule has 0 heterocycles. The van der Waals surface area contributed by atoms with Gasteiger partial charge in [0, 0.05) is 12.8 Å².